The van der Waals surface area contributed by atoms with Gasteiger partial charge in [-0.1, -0.05) is 182 Å². The Hall–Kier alpha value is -7.56. The van der Waals surface area contributed by atoms with E-state index in [4.69, 9.17) is 0 Å². The Morgan fingerprint density at radius 1 is 0.270 bits per heavy atom. The summed E-state index contributed by atoms with van der Waals surface area (Å²) >= 11 is 3.74. The van der Waals surface area contributed by atoms with Gasteiger partial charge in [-0.25, -0.2) is 0 Å². The summed E-state index contributed by atoms with van der Waals surface area (Å²) in [5.74, 6) is 0. The van der Waals surface area contributed by atoms with Gasteiger partial charge in [0.1, 0.15) is 0 Å². The number of benzene rings is 10. The lowest BCUT2D eigenvalue weighted by atomic mass is 9.87. The molecule has 0 amide bonds. The van der Waals surface area contributed by atoms with Crippen molar-refractivity contribution in [3.63, 3.8) is 0 Å². The summed E-state index contributed by atoms with van der Waals surface area (Å²) in [6.45, 7) is 0. The van der Waals surface area contributed by atoms with E-state index < -0.39 is 0 Å². The van der Waals surface area contributed by atoms with Crippen LogP contribution in [0.1, 0.15) is 0 Å². The second-order valence-corrected chi connectivity index (χ2v) is 18.1. The smallest absolute Gasteiger partial charge is 0.0546 e. The molecule has 12 aromatic rings. The molecule has 0 bridgehead atoms. The molecule has 1 nitrogen and oxygen atoms in total. The molecular weight excluding hydrogens is 799 g/mol. The van der Waals surface area contributed by atoms with Gasteiger partial charge in [-0.15, -0.1) is 22.7 Å². The normalized spacial score (nSPS) is 11.5. The van der Waals surface area contributed by atoms with Gasteiger partial charge in [0.25, 0.3) is 0 Å². The SMILES string of the molecule is c1ccc(-c2ccccc2-c2c(-c3ccccc3)cccc2N(c2ccc(-c3ccc4sc5ccccc5c4c3)cc2)c2ccc(-c3cccc4c3sc3ccccc34)cc2)cc1. The molecule has 63 heavy (non-hydrogen) atoms. The Morgan fingerprint density at radius 3 is 1.46 bits per heavy atom. The van der Waals surface area contributed by atoms with Crippen LogP contribution in [0.15, 0.2) is 237 Å². The predicted molar refractivity (Wildman–Crippen MR) is 274 cm³/mol. The van der Waals surface area contributed by atoms with Crippen LogP contribution in [0.25, 0.3) is 96.0 Å². The van der Waals surface area contributed by atoms with E-state index in [-0.39, 0.29) is 0 Å². The molecule has 2 heterocycles. The zero-order valence-electron chi connectivity index (χ0n) is 34.3. The van der Waals surface area contributed by atoms with Crippen LogP contribution in [-0.2, 0) is 0 Å². The summed E-state index contributed by atoms with van der Waals surface area (Å²) in [5, 5.41) is 5.25. The molecular formula is C60H39NS2. The number of hydrogen-bond acceptors (Lipinski definition) is 3. The van der Waals surface area contributed by atoms with E-state index in [1.165, 1.54) is 96.0 Å². The molecule has 3 heteroatoms. The van der Waals surface area contributed by atoms with Crippen molar-refractivity contribution in [2.75, 3.05) is 4.90 Å². The summed E-state index contributed by atoms with van der Waals surface area (Å²) in [7, 11) is 0. The van der Waals surface area contributed by atoms with Crippen LogP contribution in [0.4, 0.5) is 17.1 Å². The van der Waals surface area contributed by atoms with E-state index in [1.54, 1.807) is 0 Å². The van der Waals surface area contributed by atoms with Crippen LogP contribution in [-0.4, -0.2) is 0 Å². The van der Waals surface area contributed by atoms with Crippen LogP contribution in [0.2, 0.25) is 0 Å². The third kappa shape index (κ3) is 6.61. The molecule has 296 valence electrons. The first-order valence-corrected chi connectivity index (χ1v) is 23.0. The van der Waals surface area contributed by atoms with Crippen LogP contribution in [0.5, 0.6) is 0 Å². The van der Waals surface area contributed by atoms with Gasteiger partial charge in [-0.2, -0.15) is 0 Å². The molecule has 0 aliphatic heterocycles. The number of nitrogens with zero attached hydrogens (tertiary/aromatic N) is 1. The first-order valence-electron chi connectivity index (χ1n) is 21.4. The quantitative estimate of drug-likeness (QED) is 0.147. The zero-order chi connectivity index (χ0) is 41.7. The van der Waals surface area contributed by atoms with Crippen molar-refractivity contribution in [1.82, 2.24) is 0 Å². The first kappa shape index (κ1) is 37.2. The predicted octanol–water partition coefficient (Wildman–Crippen LogP) is 18.2. The molecule has 0 aliphatic carbocycles. The van der Waals surface area contributed by atoms with Gasteiger partial charge in [0, 0.05) is 57.3 Å². The topological polar surface area (TPSA) is 3.24 Å². The number of fused-ring (bicyclic) bond motifs is 6. The average Bonchev–Trinajstić information content (AvgIpc) is 3.93. The Morgan fingerprint density at radius 2 is 0.746 bits per heavy atom. The third-order valence-corrected chi connectivity index (χ3v) is 14.7. The minimum absolute atomic E-state index is 1.09. The fourth-order valence-electron chi connectivity index (χ4n) is 9.34. The standard InChI is InChI=1S/C60H39NS2/c1-3-15-41(16-4-1)47-19-7-8-22-52(47)59-48(42-17-5-2-6-18-42)23-14-26-55(59)61(45-34-29-40(30-35-45)44-33-38-58-54(39-44)51-21-10-11-27-56(51)62-58)46-36-31-43(32-37-46)49-24-13-25-53-50-20-9-12-28-57(50)63-60(49)53/h1-39H. The summed E-state index contributed by atoms with van der Waals surface area (Å²) in [5.41, 5.74) is 15.3. The molecule has 0 aliphatic rings. The minimum Gasteiger partial charge on any atom is -0.310 e. The molecule has 2 aromatic heterocycles. The summed E-state index contributed by atoms with van der Waals surface area (Å²) in [6, 6.07) is 86.7. The van der Waals surface area contributed by atoms with Crippen molar-refractivity contribution in [2.24, 2.45) is 0 Å². The van der Waals surface area contributed by atoms with Crippen LogP contribution < -0.4 is 4.90 Å². The molecule has 0 unspecified atom stereocenters. The average molecular weight is 838 g/mol. The van der Waals surface area contributed by atoms with Crippen LogP contribution >= 0.6 is 22.7 Å². The highest BCUT2D eigenvalue weighted by Gasteiger charge is 2.23. The van der Waals surface area contributed by atoms with Gasteiger partial charge < -0.3 is 4.90 Å². The van der Waals surface area contributed by atoms with E-state index in [1.807, 2.05) is 22.7 Å². The fourth-order valence-corrected chi connectivity index (χ4v) is 11.7. The second kappa shape index (κ2) is 15.7. The summed E-state index contributed by atoms with van der Waals surface area (Å²) in [6.07, 6.45) is 0. The van der Waals surface area contributed by atoms with Crippen LogP contribution in [0, 0.1) is 0 Å². The Bertz CT molecular complexity index is 3600. The molecule has 0 N–H and O–H groups in total. The third-order valence-electron chi connectivity index (χ3n) is 12.3. The molecule has 0 atom stereocenters. The van der Waals surface area contributed by atoms with Gasteiger partial charge in [0.15, 0.2) is 0 Å². The van der Waals surface area contributed by atoms with Gasteiger partial charge in [0.05, 0.1) is 5.69 Å². The van der Waals surface area contributed by atoms with E-state index in [0.717, 1.165) is 17.1 Å². The van der Waals surface area contributed by atoms with Gasteiger partial charge >= 0.3 is 0 Å². The number of rotatable bonds is 8. The second-order valence-electron chi connectivity index (χ2n) is 16.0. The van der Waals surface area contributed by atoms with Crippen molar-refractivity contribution < 1.29 is 0 Å². The Kier molecular flexibility index (Phi) is 9.29. The van der Waals surface area contributed by atoms with Crippen molar-refractivity contribution in [3.05, 3.63) is 237 Å². The van der Waals surface area contributed by atoms with Crippen molar-refractivity contribution in [1.29, 1.82) is 0 Å². The van der Waals surface area contributed by atoms with Gasteiger partial charge in [0.2, 0.25) is 0 Å². The highest BCUT2D eigenvalue weighted by Crippen LogP contribution is 2.49. The monoisotopic (exact) mass is 837 g/mol. The van der Waals surface area contributed by atoms with E-state index in [0.29, 0.717) is 0 Å². The van der Waals surface area contributed by atoms with Crippen LogP contribution in [0.3, 0.4) is 0 Å². The number of hydrogen-bond donors (Lipinski definition) is 0. The fraction of sp³-hybridized carbons (Fsp3) is 0. The minimum atomic E-state index is 1.09. The lowest BCUT2D eigenvalue weighted by molar-refractivity contribution is 1.28. The van der Waals surface area contributed by atoms with E-state index >= 15 is 0 Å². The highest BCUT2D eigenvalue weighted by molar-refractivity contribution is 7.26. The maximum Gasteiger partial charge on any atom is 0.0546 e. The van der Waals surface area contributed by atoms with Crippen molar-refractivity contribution in [3.8, 4) is 55.6 Å². The highest BCUT2D eigenvalue weighted by atomic mass is 32.1. The Balaban J connectivity index is 1.05. The first-order chi connectivity index (χ1) is 31.2. The van der Waals surface area contributed by atoms with Crippen molar-refractivity contribution >= 4 is 80.1 Å². The Labute approximate surface area is 375 Å². The van der Waals surface area contributed by atoms with Crippen molar-refractivity contribution in [2.45, 2.75) is 0 Å². The maximum absolute atomic E-state index is 2.45. The molecule has 0 spiro atoms. The van der Waals surface area contributed by atoms with E-state index in [9.17, 15) is 0 Å². The lowest BCUT2D eigenvalue weighted by Crippen LogP contribution is -2.12. The summed E-state index contributed by atoms with van der Waals surface area (Å²) in [4.78, 5) is 2.45. The lowest BCUT2D eigenvalue weighted by Gasteiger charge is -2.30. The number of anilines is 3. The molecule has 0 saturated heterocycles. The molecule has 0 saturated carbocycles. The largest absolute Gasteiger partial charge is 0.310 e. The molecule has 0 radical (unpaired) electrons. The van der Waals surface area contributed by atoms with E-state index in [2.05, 4.69) is 241 Å². The summed E-state index contributed by atoms with van der Waals surface area (Å²) < 4.78 is 5.28. The molecule has 12 rings (SSSR count). The van der Waals surface area contributed by atoms with Gasteiger partial charge in [-0.05, 0) is 105 Å². The maximum atomic E-state index is 2.45. The number of thiophene rings is 2. The molecule has 10 aromatic carbocycles. The zero-order valence-corrected chi connectivity index (χ0v) is 35.9. The molecule has 0 fully saturated rings. The van der Waals surface area contributed by atoms with Gasteiger partial charge in [-0.3, -0.25) is 0 Å².